The van der Waals surface area contributed by atoms with Gasteiger partial charge in [0.2, 0.25) is 0 Å². The Kier molecular flexibility index (Phi) is 2.95. The number of hydrogen-bond acceptors (Lipinski definition) is 2. The highest BCUT2D eigenvalue weighted by Gasteiger charge is 2.42. The maximum atomic E-state index is 13.6. The first-order valence-corrected chi connectivity index (χ1v) is 7.66. The fraction of sp³-hybridized carbons (Fsp3) is 0.500. The van der Waals surface area contributed by atoms with Gasteiger partial charge in [0, 0.05) is 6.07 Å². The smallest absolute Gasteiger partial charge is 0.144 e. The molecule has 0 spiro atoms. The number of hydrogen-bond donors (Lipinski definition) is 0. The van der Waals surface area contributed by atoms with Crippen LogP contribution in [-0.4, -0.2) is 21.8 Å². The molecule has 0 amide bonds. The first-order valence-electron chi connectivity index (χ1n) is 6.74. The summed E-state index contributed by atoms with van der Waals surface area (Å²) >= 11 is 11.9. The minimum atomic E-state index is -0.450. The fourth-order valence-electron chi connectivity index (χ4n) is 3.49. The van der Waals surface area contributed by atoms with Crippen LogP contribution in [0.2, 0.25) is 5.02 Å². The second kappa shape index (κ2) is 4.58. The number of nitrogens with zero attached hydrogens (tertiary/aromatic N) is 2. The lowest BCUT2D eigenvalue weighted by molar-refractivity contribution is 0.0940. The number of halogens is 3. The Hall–Kier alpha value is -0.840. The molecule has 1 aromatic carbocycles. The molecule has 2 aliphatic rings. The molecule has 3 nitrogen and oxygen atoms in total. The SMILES string of the molecule is Fc1cc2nc(CCl)n(C3CC4CCC3O4)c2cc1Cl. The lowest BCUT2D eigenvalue weighted by Crippen LogP contribution is -2.22. The maximum Gasteiger partial charge on any atom is 0.144 e. The minimum absolute atomic E-state index is 0.115. The van der Waals surface area contributed by atoms with Crippen LogP contribution in [-0.2, 0) is 10.6 Å². The van der Waals surface area contributed by atoms with Crippen LogP contribution in [0.25, 0.3) is 11.0 Å². The normalized spacial score (nSPS) is 28.6. The molecular weight excluding hydrogens is 302 g/mol. The van der Waals surface area contributed by atoms with E-state index < -0.39 is 5.82 Å². The molecule has 20 heavy (non-hydrogen) atoms. The van der Waals surface area contributed by atoms with Crippen LogP contribution in [0.4, 0.5) is 4.39 Å². The van der Waals surface area contributed by atoms with Crippen molar-refractivity contribution in [3.8, 4) is 0 Å². The predicted octanol–water partition coefficient (Wildman–Crippen LogP) is 4.06. The number of benzene rings is 1. The van der Waals surface area contributed by atoms with Gasteiger partial charge in [-0.3, -0.25) is 0 Å². The predicted molar refractivity (Wildman–Crippen MR) is 75.8 cm³/mol. The highest BCUT2D eigenvalue weighted by atomic mass is 35.5. The van der Waals surface area contributed by atoms with Gasteiger partial charge in [0.25, 0.3) is 0 Å². The van der Waals surface area contributed by atoms with Gasteiger partial charge in [-0.15, -0.1) is 11.6 Å². The first kappa shape index (κ1) is 12.9. The average Bonchev–Trinajstić information content (AvgIpc) is 3.12. The zero-order valence-corrected chi connectivity index (χ0v) is 12.2. The lowest BCUT2D eigenvalue weighted by atomic mass is 9.95. The maximum absolute atomic E-state index is 13.6. The fourth-order valence-corrected chi connectivity index (χ4v) is 3.83. The van der Waals surface area contributed by atoms with Crippen molar-refractivity contribution in [1.29, 1.82) is 0 Å². The Morgan fingerprint density at radius 1 is 1.40 bits per heavy atom. The van der Waals surface area contributed by atoms with E-state index >= 15 is 0 Å². The molecule has 0 N–H and O–H groups in total. The molecule has 2 saturated heterocycles. The van der Waals surface area contributed by atoms with Gasteiger partial charge in [0.15, 0.2) is 0 Å². The Balaban J connectivity index is 1.90. The minimum Gasteiger partial charge on any atom is -0.373 e. The molecule has 1 aromatic heterocycles. The number of ether oxygens (including phenoxy) is 1. The number of imidazole rings is 1. The van der Waals surface area contributed by atoms with E-state index in [-0.39, 0.29) is 17.2 Å². The molecule has 3 atom stereocenters. The summed E-state index contributed by atoms with van der Waals surface area (Å²) in [5.41, 5.74) is 1.44. The van der Waals surface area contributed by atoms with Gasteiger partial charge in [-0.25, -0.2) is 9.37 Å². The zero-order chi connectivity index (χ0) is 13.9. The molecule has 0 aliphatic carbocycles. The van der Waals surface area contributed by atoms with Gasteiger partial charge in [0.05, 0.1) is 40.2 Å². The molecule has 6 heteroatoms. The lowest BCUT2D eigenvalue weighted by Gasteiger charge is -2.22. The topological polar surface area (TPSA) is 27.1 Å². The van der Waals surface area contributed by atoms with E-state index in [1.165, 1.54) is 6.07 Å². The largest absolute Gasteiger partial charge is 0.373 e. The molecule has 3 heterocycles. The van der Waals surface area contributed by atoms with Gasteiger partial charge in [-0.05, 0) is 25.3 Å². The van der Waals surface area contributed by atoms with Gasteiger partial charge in [-0.1, -0.05) is 11.6 Å². The van der Waals surface area contributed by atoms with Crippen LogP contribution in [0.15, 0.2) is 12.1 Å². The summed E-state index contributed by atoms with van der Waals surface area (Å²) in [7, 11) is 0. The summed E-state index contributed by atoms with van der Waals surface area (Å²) in [4.78, 5) is 4.44. The molecule has 2 fully saturated rings. The van der Waals surface area contributed by atoms with E-state index in [4.69, 9.17) is 27.9 Å². The summed E-state index contributed by atoms with van der Waals surface area (Å²) in [5, 5.41) is 0.115. The molecule has 2 aromatic rings. The van der Waals surface area contributed by atoms with Crippen LogP contribution in [0.1, 0.15) is 31.1 Å². The second-order valence-electron chi connectivity index (χ2n) is 5.46. The van der Waals surface area contributed by atoms with Crippen LogP contribution in [0, 0.1) is 5.82 Å². The number of alkyl halides is 1. The average molecular weight is 315 g/mol. The monoisotopic (exact) mass is 314 g/mol. The van der Waals surface area contributed by atoms with Crippen molar-refractivity contribution in [2.75, 3.05) is 0 Å². The molecule has 4 rings (SSSR count). The van der Waals surface area contributed by atoms with E-state index in [0.717, 1.165) is 30.6 Å². The van der Waals surface area contributed by atoms with Crippen molar-refractivity contribution in [3.63, 3.8) is 0 Å². The summed E-state index contributed by atoms with van der Waals surface area (Å²) in [6.45, 7) is 0. The molecule has 0 radical (unpaired) electrons. The van der Waals surface area contributed by atoms with Gasteiger partial charge < -0.3 is 9.30 Å². The van der Waals surface area contributed by atoms with Crippen molar-refractivity contribution >= 4 is 34.2 Å². The van der Waals surface area contributed by atoms with Crippen molar-refractivity contribution in [1.82, 2.24) is 9.55 Å². The number of rotatable bonds is 2. The van der Waals surface area contributed by atoms with Gasteiger partial charge in [-0.2, -0.15) is 0 Å². The van der Waals surface area contributed by atoms with E-state index in [1.54, 1.807) is 6.07 Å². The molecule has 0 saturated carbocycles. The van der Waals surface area contributed by atoms with Crippen LogP contribution >= 0.6 is 23.2 Å². The van der Waals surface area contributed by atoms with E-state index in [1.807, 2.05) is 0 Å². The van der Waals surface area contributed by atoms with Crippen molar-refractivity contribution < 1.29 is 9.13 Å². The Morgan fingerprint density at radius 3 is 2.90 bits per heavy atom. The van der Waals surface area contributed by atoms with Gasteiger partial charge >= 0.3 is 0 Å². The molecule has 2 bridgehead atoms. The third-order valence-electron chi connectivity index (χ3n) is 4.33. The summed E-state index contributed by atoms with van der Waals surface area (Å²) in [6, 6.07) is 3.24. The first-order chi connectivity index (χ1) is 9.67. The summed E-state index contributed by atoms with van der Waals surface area (Å²) < 4.78 is 21.6. The van der Waals surface area contributed by atoms with E-state index in [9.17, 15) is 4.39 Å². The highest BCUT2D eigenvalue weighted by Crippen LogP contribution is 2.43. The van der Waals surface area contributed by atoms with Crippen LogP contribution in [0.5, 0.6) is 0 Å². The standard InChI is InChI=1S/C14H13Cl2FN2O/c15-6-14-18-10-5-9(17)8(16)4-11(10)19(14)12-3-7-1-2-13(12)20-7/h4-5,7,12-13H,1-3,6H2. The van der Waals surface area contributed by atoms with Crippen molar-refractivity contribution in [2.45, 2.75) is 43.4 Å². The third kappa shape index (κ3) is 1.78. The Bertz CT molecular complexity index is 687. The van der Waals surface area contributed by atoms with Crippen molar-refractivity contribution in [2.24, 2.45) is 0 Å². The van der Waals surface area contributed by atoms with E-state index in [2.05, 4.69) is 9.55 Å². The second-order valence-corrected chi connectivity index (χ2v) is 6.14. The van der Waals surface area contributed by atoms with Crippen LogP contribution in [0.3, 0.4) is 0 Å². The number of aromatic nitrogens is 2. The quantitative estimate of drug-likeness (QED) is 0.782. The van der Waals surface area contributed by atoms with E-state index in [0.29, 0.717) is 17.5 Å². The number of fused-ring (bicyclic) bond motifs is 3. The Morgan fingerprint density at radius 2 is 2.25 bits per heavy atom. The van der Waals surface area contributed by atoms with Crippen LogP contribution < -0.4 is 0 Å². The third-order valence-corrected chi connectivity index (χ3v) is 4.86. The molecular formula is C14H13Cl2FN2O. The van der Waals surface area contributed by atoms with Gasteiger partial charge in [0.1, 0.15) is 11.6 Å². The molecule has 3 unspecified atom stereocenters. The Labute approximate surface area is 125 Å². The summed E-state index contributed by atoms with van der Waals surface area (Å²) in [6.07, 6.45) is 3.70. The molecule has 2 aliphatic heterocycles. The van der Waals surface area contributed by atoms with Crippen molar-refractivity contribution in [3.05, 3.63) is 28.8 Å². The zero-order valence-electron chi connectivity index (χ0n) is 10.7. The highest BCUT2D eigenvalue weighted by molar-refractivity contribution is 6.31. The summed E-state index contributed by atoms with van der Waals surface area (Å²) in [5.74, 6) is 0.598. The molecule has 106 valence electrons.